The van der Waals surface area contributed by atoms with Gasteiger partial charge in [-0.3, -0.25) is 0 Å². The molecule has 0 unspecified atom stereocenters. The number of hydrogen-bond acceptors (Lipinski definition) is 3. The van der Waals surface area contributed by atoms with Crippen molar-refractivity contribution in [3.8, 4) is 33.8 Å². The quantitative estimate of drug-likeness (QED) is 0.127. The van der Waals surface area contributed by atoms with Gasteiger partial charge < -0.3 is 15.0 Å². The summed E-state index contributed by atoms with van der Waals surface area (Å²) in [5, 5.41) is 9.95. The standard InChI is InChI=1S/C25H24N.C21H16N.C11H8N.Ir/c1-16(2)19-13-20(17(3)4)15-21(14-19)25-24-10-9-18-7-5-6-8-22(18)23(24)11-12-26-25;1-14-11-15(2)13-17(12-14)21-20-8-7-16-5-3-4-6-18(16)19(20)9-10-22-21;1-2-6-10(7-3-1)11-8-4-5-9-12-11;/h5-14,16-17H,1-4H3;3-12H,1-2H3;1-6,8-9H;/q3*-1;+3. The van der Waals surface area contributed by atoms with Crippen LogP contribution in [0.5, 0.6) is 0 Å². The topological polar surface area (TPSA) is 38.7 Å². The number of rotatable bonds is 5. The van der Waals surface area contributed by atoms with Crippen molar-refractivity contribution in [2.24, 2.45) is 0 Å². The summed E-state index contributed by atoms with van der Waals surface area (Å²) in [4.78, 5) is 13.6. The van der Waals surface area contributed by atoms with Gasteiger partial charge in [-0.2, -0.15) is 0 Å². The van der Waals surface area contributed by atoms with E-state index in [0.29, 0.717) is 11.8 Å². The first kappa shape index (κ1) is 42.8. The fourth-order valence-corrected chi connectivity index (χ4v) is 7.79. The molecule has 10 aromatic rings. The molecular weight excluding hydrogens is 919 g/mol. The van der Waals surface area contributed by atoms with Crippen molar-refractivity contribution >= 4 is 43.1 Å². The number of aryl methyl sites for hydroxylation is 2. The molecule has 61 heavy (non-hydrogen) atoms. The van der Waals surface area contributed by atoms with Crippen LogP contribution in [0.3, 0.4) is 0 Å². The summed E-state index contributed by atoms with van der Waals surface area (Å²) >= 11 is 0. The second kappa shape index (κ2) is 19.4. The maximum absolute atomic E-state index is 4.75. The van der Waals surface area contributed by atoms with Gasteiger partial charge in [0.2, 0.25) is 0 Å². The molecule has 3 aromatic heterocycles. The zero-order chi connectivity index (χ0) is 41.6. The molecule has 4 heteroatoms. The Morgan fingerprint density at radius 3 is 1.57 bits per heavy atom. The molecule has 0 N–H and O–H groups in total. The van der Waals surface area contributed by atoms with Gasteiger partial charge in [0, 0.05) is 18.6 Å². The number of benzene rings is 7. The van der Waals surface area contributed by atoms with Gasteiger partial charge in [0.1, 0.15) is 0 Å². The van der Waals surface area contributed by atoms with Gasteiger partial charge in [0.05, 0.1) is 0 Å². The smallest absolute Gasteiger partial charge is 0.305 e. The van der Waals surface area contributed by atoms with E-state index in [1.807, 2.05) is 54.9 Å². The van der Waals surface area contributed by atoms with Crippen molar-refractivity contribution in [3.05, 3.63) is 211 Å². The molecule has 0 aliphatic rings. The Kier molecular flexibility index (Phi) is 13.6. The monoisotopic (exact) mass is 967 g/mol. The number of pyridine rings is 3. The van der Waals surface area contributed by atoms with E-state index < -0.39 is 0 Å². The molecule has 3 nitrogen and oxygen atoms in total. The average molecular weight is 967 g/mol. The van der Waals surface area contributed by atoms with Crippen molar-refractivity contribution < 1.29 is 20.1 Å². The Labute approximate surface area is 374 Å². The Hall–Kier alpha value is -6.32. The Bertz CT molecular complexity index is 2980. The SMILES string of the molecule is CC(C)c1[c-]c(-c2nccc3c2ccc2ccccc23)cc(C(C)C)c1.Cc1[c-]c(-c2nccc3c2ccc2ccccc23)cc(C)c1.[Ir+3].[c-]1ccccc1-c1ccccn1. The van der Waals surface area contributed by atoms with Crippen LogP contribution in [-0.2, 0) is 20.1 Å². The third-order valence-electron chi connectivity index (χ3n) is 10.9. The van der Waals surface area contributed by atoms with Crippen molar-refractivity contribution in [1.29, 1.82) is 0 Å². The van der Waals surface area contributed by atoms with Gasteiger partial charge in [-0.25, -0.2) is 0 Å². The predicted octanol–water partition coefficient (Wildman–Crippen LogP) is 15.1. The van der Waals surface area contributed by atoms with Gasteiger partial charge in [-0.1, -0.05) is 126 Å². The van der Waals surface area contributed by atoms with Gasteiger partial charge in [-0.15, -0.1) is 106 Å². The van der Waals surface area contributed by atoms with Crippen molar-refractivity contribution in [2.75, 3.05) is 0 Å². The first-order valence-corrected chi connectivity index (χ1v) is 20.7. The normalized spacial score (nSPS) is 11.0. The van der Waals surface area contributed by atoms with E-state index in [0.717, 1.165) is 39.3 Å². The molecular formula is C57H48IrN3. The van der Waals surface area contributed by atoms with Crippen LogP contribution in [0.25, 0.3) is 76.9 Å². The van der Waals surface area contributed by atoms with Crippen LogP contribution in [0, 0.1) is 32.0 Å². The van der Waals surface area contributed by atoms with Crippen molar-refractivity contribution in [3.63, 3.8) is 0 Å². The zero-order valence-electron chi connectivity index (χ0n) is 35.5. The van der Waals surface area contributed by atoms with E-state index in [-0.39, 0.29) is 20.1 Å². The zero-order valence-corrected chi connectivity index (χ0v) is 37.9. The number of aromatic nitrogens is 3. The van der Waals surface area contributed by atoms with E-state index in [2.05, 4.69) is 179 Å². The molecule has 0 aliphatic carbocycles. The first-order chi connectivity index (χ1) is 29.2. The summed E-state index contributed by atoms with van der Waals surface area (Å²) in [6, 6.07) is 62.7. The molecule has 0 amide bonds. The fraction of sp³-hybridized carbons (Fsp3) is 0.140. The third kappa shape index (κ3) is 9.68. The van der Waals surface area contributed by atoms with E-state index in [1.165, 1.54) is 59.8 Å². The van der Waals surface area contributed by atoms with Gasteiger partial charge in [0.25, 0.3) is 0 Å². The predicted molar refractivity (Wildman–Crippen MR) is 253 cm³/mol. The molecule has 0 aliphatic heterocycles. The van der Waals surface area contributed by atoms with Crippen LogP contribution < -0.4 is 0 Å². The summed E-state index contributed by atoms with van der Waals surface area (Å²) < 4.78 is 0. The van der Waals surface area contributed by atoms with Crippen LogP contribution in [0.2, 0.25) is 0 Å². The molecule has 3 heterocycles. The summed E-state index contributed by atoms with van der Waals surface area (Å²) in [6.07, 6.45) is 5.61. The minimum atomic E-state index is 0. The van der Waals surface area contributed by atoms with Crippen LogP contribution >= 0.6 is 0 Å². The molecule has 0 bridgehead atoms. The van der Waals surface area contributed by atoms with Gasteiger partial charge >= 0.3 is 20.1 Å². The largest absolute Gasteiger partial charge is 3.00 e. The van der Waals surface area contributed by atoms with Crippen LogP contribution in [0.4, 0.5) is 0 Å². The summed E-state index contributed by atoms with van der Waals surface area (Å²) in [5.41, 5.74) is 11.2. The summed E-state index contributed by atoms with van der Waals surface area (Å²) in [5.74, 6) is 0.930. The molecule has 300 valence electrons. The number of fused-ring (bicyclic) bond motifs is 6. The third-order valence-corrected chi connectivity index (χ3v) is 10.9. The molecule has 10 rings (SSSR count). The first-order valence-electron chi connectivity index (χ1n) is 20.7. The van der Waals surface area contributed by atoms with Crippen molar-refractivity contribution in [2.45, 2.75) is 53.4 Å². The average Bonchev–Trinajstić information content (AvgIpc) is 3.29. The van der Waals surface area contributed by atoms with E-state index in [1.54, 1.807) is 6.20 Å². The Morgan fingerprint density at radius 2 is 1.03 bits per heavy atom. The molecule has 0 spiro atoms. The molecule has 0 saturated heterocycles. The van der Waals surface area contributed by atoms with Gasteiger partial charge in [0.15, 0.2) is 0 Å². The fourth-order valence-electron chi connectivity index (χ4n) is 7.79. The summed E-state index contributed by atoms with van der Waals surface area (Å²) in [7, 11) is 0. The minimum absolute atomic E-state index is 0. The Balaban J connectivity index is 0.000000145. The van der Waals surface area contributed by atoms with E-state index >= 15 is 0 Å². The second-order valence-corrected chi connectivity index (χ2v) is 15.9. The van der Waals surface area contributed by atoms with Crippen LogP contribution in [0.1, 0.15) is 61.8 Å². The van der Waals surface area contributed by atoms with E-state index in [4.69, 9.17) is 4.98 Å². The summed E-state index contributed by atoms with van der Waals surface area (Å²) in [6.45, 7) is 13.1. The molecule has 0 atom stereocenters. The van der Waals surface area contributed by atoms with Gasteiger partial charge in [-0.05, 0) is 90.2 Å². The molecule has 0 radical (unpaired) electrons. The molecule has 0 saturated carbocycles. The Morgan fingerprint density at radius 1 is 0.443 bits per heavy atom. The minimum Gasteiger partial charge on any atom is -0.305 e. The number of hydrogen-bond donors (Lipinski definition) is 0. The maximum atomic E-state index is 4.75. The molecule has 0 fully saturated rings. The second-order valence-electron chi connectivity index (χ2n) is 15.9. The van der Waals surface area contributed by atoms with Crippen molar-refractivity contribution in [1.82, 2.24) is 15.0 Å². The number of nitrogens with zero attached hydrogens (tertiary/aromatic N) is 3. The van der Waals surface area contributed by atoms with Crippen LogP contribution in [0.15, 0.2) is 170 Å². The maximum Gasteiger partial charge on any atom is 3.00 e. The molecule has 7 aromatic carbocycles. The van der Waals surface area contributed by atoms with Crippen LogP contribution in [-0.4, -0.2) is 15.0 Å². The van der Waals surface area contributed by atoms with E-state index in [9.17, 15) is 0 Å².